The second-order valence-corrected chi connectivity index (χ2v) is 19.8. The van der Waals surface area contributed by atoms with Gasteiger partial charge in [0.1, 0.15) is 0 Å². The van der Waals surface area contributed by atoms with E-state index in [2.05, 4.69) is 203 Å². The van der Waals surface area contributed by atoms with Crippen LogP contribution in [-0.2, 0) is 10.8 Å². The van der Waals surface area contributed by atoms with Crippen molar-refractivity contribution < 1.29 is 0 Å². The van der Waals surface area contributed by atoms with Gasteiger partial charge in [0.2, 0.25) is 0 Å². The molecule has 0 N–H and O–H groups in total. The van der Waals surface area contributed by atoms with Crippen LogP contribution in [-0.4, -0.2) is 21.7 Å². The molecule has 0 bridgehead atoms. The summed E-state index contributed by atoms with van der Waals surface area (Å²) in [6, 6.07) is 57.0. The lowest BCUT2D eigenvalue weighted by Gasteiger charge is -2.42. The maximum Gasteiger partial charge on any atom is 0.155 e. The SMILES string of the molecule is CC1(C)c2cc(C3=NC4(C)C(C(c5ccc(-n6c7cc8ccccc8cc7c7c8ccccc8ccc76)c6ccccc56)=N3)c3ccccc3C4(C)C)ccc2C2CCC=CC21. The molecule has 0 radical (unpaired) electrons. The Morgan fingerprint density at radius 2 is 1.31 bits per heavy atom. The van der Waals surface area contributed by atoms with E-state index in [0.717, 1.165) is 23.5 Å². The number of aliphatic imine (C=N–C) groups is 2. The van der Waals surface area contributed by atoms with Gasteiger partial charge in [0.15, 0.2) is 5.84 Å². The highest BCUT2D eigenvalue weighted by molar-refractivity contribution is 6.25. The van der Waals surface area contributed by atoms with E-state index < -0.39 is 5.54 Å². The first kappa shape index (κ1) is 36.1. The van der Waals surface area contributed by atoms with Crippen LogP contribution >= 0.6 is 0 Å². The topological polar surface area (TPSA) is 29.6 Å². The summed E-state index contributed by atoms with van der Waals surface area (Å²) in [5, 5.41) is 10.0. The van der Waals surface area contributed by atoms with Crippen LogP contribution in [0, 0.1) is 5.92 Å². The van der Waals surface area contributed by atoms with Gasteiger partial charge < -0.3 is 4.57 Å². The molecule has 13 rings (SSSR count). The predicted octanol–water partition coefficient (Wildman–Crippen LogP) is 14.7. The van der Waals surface area contributed by atoms with E-state index in [1.54, 1.807) is 0 Å². The van der Waals surface area contributed by atoms with Gasteiger partial charge in [-0.1, -0.05) is 161 Å². The lowest BCUT2D eigenvalue weighted by atomic mass is 9.68. The van der Waals surface area contributed by atoms with Crippen molar-refractivity contribution in [3.05, 3.63) is 197 Å². The van der Waals surface area contributed by atoms with E-state index in [1.165, 1.54) is 94.0 Å². The fourth-order valence-corrected chi connectivity index (χ4v) is 12.8. The standard InChI is InChI=1S/C59H49N3/c1-57(2)47-24-14-12-21-41(47)42-28-26-38(33-49(42)57)56-60-55(54-45-23-13-15-25-48(45)58(3,4)59(54,5)61-56)44-29-31-50(43-22-11-10-20-40(43)44)62-51-30-27-35-16-8-9-19-39(35)53(51)46-32-36-17-6-7-18-37(36)34-52(46)62/h6-11,13-20,22-34,41,47,54H,12,21H2,1-5H3. The number of hydrogen-bond acceptors (Lipinski definition) is 2. The zero-order chi connectivity index (χ0) is 41.7. The molecule has 9 aromatic rings. The summed E-state index contributed by atoms with van der Waals surface area (Å²) in [5.41, 5.74) is 12.0. The molecular formula is C59H49N3. The average Bonchev–Trinajstić information content (AvgIpc) is 3.81. The van der Waals surface area contributed by atoms with Gasteiger partial charge in [0.25, 0.3) is 0 Å². The number of aromatic nitrogens is 1. The fourth-order valence-electron chi connectivity index (χ4n) is 12.8. The third-order valence-electron chi connectivity index (χ3n) is 16.2. The van der Waals surface area contributed by atoms with E-state index in [9.17, 15) is 0 Å². The molecule has 0 fully saturated rings. The number of rotatable bonds is 3. The van der Waals surface area contributed by atoms with Gasteiger partial charge in [0.05, 0.1) is 33.9 Å². The number of nitrogens with zero attached hydrogens (tertiary/aromatic N) is 3. The summed E-state index contributed by atoms with van der Waals surface area (Å²) in [5.74, 6) is 1.93. The Morgan fingerprint density at radius 3 is 2.15 bits per heavy atom. The second-order valence-electron chi connectivity index (χ2n) is 19.8. The quantitative estimate of drug-likeness (QED) is 0.159. The van der Waals surface area contributed by atoms with Crippen LogP contribution in [0.25, 0.3) is 59.8 Å². The van der Waals surface area contributed by atoms with Gasteiger partial charge in [-0.25, -0.2) is 4.99 Å². The van der Waals surface area contributed by atoms with E-state index in [-0.39, 0.29) is 16.7 Å². The minimum Gasteiger partial charge on any atom is -0.309 e. The fraction of sp³-hybridized carbons (Fsp3) is 0.220. The van der Waals surface area contributed by atoms with Crippen LogP contribution in [0.1, 0.15) is 92.7 Å². The van der Waals surface area contributed by atoms with Crippen LogP contribution in [0.2, 0.25) is 0 Å². The monoisotopic (exact) mass is 799 g/mol. The molecule has 300 valence electrons. The summed E-state index contributed by atoms with van der Waals surface area (Å²) in [6.45, 7) is 12.1. The molecule has 4 aliphatic rings. The third kappa shape index (κ3) is 4.66. The van der Waals surface area contributed by atoms with Gasteiger partial charge in [-0.3, -0.25) is 4.99 Å². The molecule has 62 heavy (non-hydrogen) atoms. The lowest BCUT2D eigenvalue weighted by Crippen LogP contribution is -2.48. The van der Waals surface area contributed by atoms with E-state index in [1.807, 2.05) is 0 Å². The molecule has 1 aromatic heterocycles. The Bertz CT molecular complexity index is 3520. The predicted molar refractivity (Wildman–Crippen MR) is 261 cm³/mol. The van der Waals surface area contributed by atoms with Crippen molar-refractivity contribution in [2.24, 2.45) is 15.9 Å². The van der Waals surface area contributed by atoms with Gasteiger partial charge in [-0.05, 0) is 117 Å². The highest BCUT2D eigenvalue weighted by Crippen LogP contribution is 2.59. The molecule has 0 saturated carbocycles. The number of hydrogen-bond donors (Lipinski definition) is 0. The summed E-state index contributed by atoms with van der Waals surface area (Å²) in [6.07, 6.45) is 7.27. The van der Waals surface area contributed by atoms with Crippen LogP contribution < -0.4 is 0 Å². The molecule has 0 saturated heterocycles. The number of fused-ring (bicyclic) bond motifs is 13. The van der Waals surface area contributed by atoms with Crippen molar-refractivity contribution in [3.63, 3.8) is 0 Å². The average molecular weight is 800 g/mol. The molecule has 3 aliphatic carbocycles. The lowest BCUT2D eigenvalue weighted by molar-refractivity contribution is 0.297. The highest BCUT2D eigenvalue weighted by Gasteiger charge is 2.59. The highest BCUT2D eigenvalue weighted by atomic mass is 15.1. The van der Waals surface area contributed by atoms with Gasteiger partial charge in [-0.2, -0.15) is 0 Å². The maximum absolute atomic E-state index is 5.82. The van der Waals surface area contributed by atoms with Gasteiger partial charge >= 0.3 is 0 Å². The van der Waals surface area contributed by atoms with E-state index in [0.29, 0.717) is 11.8 Å². The first-order valence-corrected chi connectivity index (χ1v) is 22.6. The Labute approximate surface area is 363 Å². The molecule has 0 spiro atoms. The molecule has 4 atom stereocenters. The number of amidine groups is 1. The van der Waals surface area contributed by atoms with Crippen LogP contribution in [0.3, 0.4) is 0 Å². The van der Waals surface area contributed by atoms with Crippen molar-refractivity contribution in [1.29, 1.82) is 0 Å². The van der Waals surface area contributed by atoms with E-state index >= 15 is 0 Å². The first-order valence-electron chi connectivity index (χ1n) is 22.6. The van der Waals surface area contributed by atoms with Crippen LogP contribution in [0.4, 0.5) is 0 Å². The zero-order valence-electron chi connectivity index (χ0n) is 36.1. The van der Waals surface area contributed by atoms with Crippen molar-refractivity contribution in [2.75, 3.05) is 0 Å². The molecule has 0 amide bonds. The third-order valence-corrected chi connectivity index (χ3v) is 16.2. The van der Waals surface area contributed by atoms with Crippen molar-refractivity contribution in [3.8, 4) is 5.69 Å². The molecule has 3 nitrogen and oxygen atoms in total. The molecule has 1 aliphatic heterocycles. The first-order chi connectivity index (χ1) is 30.1. The normalized spacial score (nSPS) is 23.1. The molecule has 2 heterocycles. The number of benzene rings is 8. The smallest absolute Gasteiger partial charge is 0.155 e. The number of allylic oxidation sites excluding steroid dienone is 2. The summed E-state index contributed by atoms with van der Waals surface area (Å²) in [7, 11) is 0. The minimum absolute atomic E-state index is 0.0171. The summed E-state index contributed by atoms with van der Waals surface area (Å²) in [4.78, 5) is 11.6. The van der Waals surface area contributed by atoms with Crippen molar-refractivity contribution in [2.45, 2.75) is 75.7 Å². The molecule has 8 aromatic carbocycles. The Balaban J connectivity index is 1.06. The van der Waals surface area contributed by atoms with Crippen molar-refractivity contribution in [1.82, 2.24) is 4.57 Å². The van der Waals surface area contributed by atoms with Gasteiger partial charge in [0, 0.05) is 32.7 Å². The van der Waals surface area contributed by atoms with Crippen LogP contribution in [0.15, 0.2) is 174 Å². The zero-order valence-corrected chi connectivity index (χ0v) is 36.1. The minimum atomic E-state index is -0.469. The molecule has 3 heteroatoms. The summed E-state index contributed by atoms with van der Waals surface area (Å²) < 4.78 is 2.52. The summed E-state index contributed by atoms with van der Waals surface area (Å²) >= 11 is 0. The van der Waals surface area contributed by atoms with Crippen molar-refractivity contribution >= 4 is 65.7 Å². The molecule has 4 unspecified atom stereocenters. The van der Waals surface area contributed by atoms with Crippen LogP contribution in [0.5, 0.6) is 0 Å². The van der Waals surface area contributed by atoms with E-state index in [4.69, 9.17) is 9.98 Å². The van der Waals surface area contributed by atoms with Gasteiger partial charge in [-0.15, -0.1) is 0 Å². The maximum atomic E-state index is 5.82. The Morgan fingerprint density at radius 1 is 0.581 bits per heavy atom. The molecular weight excluding hydrogens is 751 g/mol. The Kier molecular flexibility index (Phi) is 7.29. The second kappa shape index (κ2) is 12.5. The Hall–Kier alpha value is -6.58. The largest absolute Gasteiger partial charge is 0.309 e.